The first-order chi connectivity index (χ1) is 13.4. The molecule has 2 fully saturated rings. The molecule has 2 aromatic rings. The number of aromatic amines is 1. The van der Waals surface area contributed by atoms with Gasteiger partial charge in [0.25, 0.3) is 0 Å². The second kappa shape index (κ2) is 8.83. The van der Waals surface area contributed by atoms with Gasteiger partial charge in [0.1, 0.15) is 0 Å². The predicted molar refractivity (Wildman–Crippen MR) is 121 cm³/mol. The van der Waals surface area contributed by atoms with Crippen LogP contribution in [-0.2, 0) is 4.74 Å². The molecule has 162 valence electrons. The van der Waals surface area contributed by atoms with Gasteiger partial charge < -0.3 is 9.72 Å². The maximum absolute atomic E-state index is 12.7. The molecule has 1 aromatic heterocycles. The molecule has 1 aromatic carbocycles. The number of imidazole rings is 1. The van der Waals surface area contributed by atoms with Gasteiger partial charge in [-0.05, 0) is 89.5 Å². The Morgan fingerprint density at radius 3 is 2.34 bits per heavy atom. The fourth-order valence-corrected chi connectivity index (χ4v) is 5.34. The molecule has 0 amide bonds. The monoisotopic (exact) mass is 421 g/mol. The van der Waals surface area contributed by atoms with E-state index >= 15 is 0 Å². The van der Waals surface area contributed by atoms with Gasteiger partial charge in [0.15, 0.2) is 0 Å². The normalized spacial score (nSPS) is 26.6. The van der Waals surface area contributed by atoms with Crippen molar-refractivity contribution in [1.82, 2.24) is 14.5 Å². The van der Waals surface area contributed by atoms with Crippen LogP contribution in [0.1, 0.15) is 69.5 Å². The third kappa shape index (κ3) is 4.28. The van der Waals surface area contributed by atoms with E-state index in [-0.39, 0.29) is 23.6 Å². The molecule has 1 saturated heterocycles. The quantitative estimate of drug-likeness (QED) is 0.775. The van der Waals surface area contributed by atoms with Crippen LogP contribution < -0.4 is 5.69 Å². The summed E-state index contributed by atoms with van der Waals surface area (Å²) in [6.45, 7) is 11.7. The molecule has 0 spiro atoms. The molecule has 2 heterocycles. The molecule has 1 aliphatic heterocycles. The number of aromatic nitrogens is 2. The number of ether oxygens (including phenoxy) is 1. The van der Waals surface area contributed by atoms with E-state index in [9.17, 15) is 4.79 Å². The molecule has 2 aliphatic rings. The summed E-state index contributed by atoms with van der Waals surface area (Å²) in [6, 6.07) is 4.57. The van der Waals surface area contributed by atoms with Gasteiger partial charge in [-0.25, -0.2) is 4.79 Å². The first-order valence-electron chi connectivity index (χ1n) is 11.0. The molecular weight excluding hydrogens is 386 g/mol. The summed E-state index contributed by atoms with van der Waals surface area (Å²) >= 11 is 0. The van der Waals surface area contributed by atoms with Crippen LogP contribution in [0.2, 0.25) is 0 Å². The minimum atomic E-state index is 0. The van der Waals surface area contributed by atoms with Crippen molar-refractivity contribution in [3.05, 3.63) is 33.7 Å². The second-order valence-corrected chi connectivity index (χ2v) is 9.12. The van der Waals surface area contributed by atoms with Crippen LogP contribution in [0.25, 0.3) is 11.0 Å². The Hall–Kier alpha value is -1.30. The van der Waals surface area contributed by atoms with Crippen molar-refractivity contribution in [2.24, 2.45) is 0 Å². The van der Waals surface area contributed by atoms with Crippen LogP contribution in [0.5, 0.6) is 0 Å². The third-order valence-corrected chi connectivity index (χ3v) is 7.34. The Morgan fingerprint density at radius 2 is 1.72 bits per heavy atom. The number of hydrogen-bond acceptors (Lipinski definition) is 3. The van der Waals surface area contributed by atoms with Crippen LogP contribution in [0.15, 0.2) is 16.9 Å². The van der Waals surface area contributed by atoms with Gasteiger partial charge in [-0.2, -0.15) is 0 Å². The Labute approximate surface area is 180 Å². The van der Waals surface area contributed by atoms with Gasteiger partial charge in [0, 0.05) is 31.3 Å². The number of piperidine rings is 1. The van der Waals surface area contributed by atoms with Gasteiger partial charge in [0.2, 0.25) is 0 Å². The van der Waals surface area contributed by atoms with Crippen molar-refractivity contribution >= 4 is 23.4 Å². The second-order valence-electron chi connectivity index (χ2n) is 9.12. The number of hydrogen-bond donors (Lipinski definition) is 1. The summed E-state index contributed by atoms with van der Waals surface area (Å²) in [5.41, 5.74) is 4.84. The molecule has 5 nitrogen and oxygen atoms in total. The zero-order valence-electron chi connectivity index (χ0n) is 18.3. The van der Waals surface area contributed by atoms with Gasteiger partial charge in [-0.1, -0.05) is 0 Å². The fourth-order valence-electron chi connectivity index (χ4n) is 5.34. The van der Waals surface area contributed by atoms with Crippen LogP contribution in [-0.4, -0.2) is 45.8 Å². The van der Waals surface area contributed by atoms with E-state index in [1.165, 1.54) is 36.8 Å². The van der Waals surface area contributed by atoms with Crippen LogP contribution in [0, 0.1) is 13.8 Å². The molecule has 1 saturated carbocycles. The van der Waals surface area contributed by atoms with Crippen molar-refractivity contribution in [2.75, 3.05) is 19.7 Å². The maximum atomic E-state index is 12.7. The summed E-state index contributed by atoms with van der Waals surface area (Å²) < 4.78 is 7.86. The number of aryl methyl sites for hydroxylation is 2. The van der Waals surface area contributed by atoms with E-state index in [1.807, 2.05) is 4.57 Å². The fraction of sp³-hybridized carbons (Fsp3) is 0.696. The summed E-state index contributed by atoms with van der Waals surface area (Å²) in [7, 11) is 0. The summed E-state index contributed by atoms with van der Waals surface area (Å²) in [4.78, 5) is 18.4. The molecule has 29 heavy (non-hydrogen) atoms. The van der Waals surface area contributed by atoms with Crippen molar-refractivity contribution in [3.8, 4) is 0 Å². The summed E-state index contributed by atoms with van der Waals surface area (Å²) in [5, 5.41) is 0. The number of rotatable bonds is 4. The summed E-state index contributed by atoms with van der Waals surface area (Å²) in [5.74, 6) is 0. The van der Waals surface area contributed by atoms with Gasteiger partial charge in [0.05, 0.1) is 17.1 Å². The molecular formula is C23H36ClN3O2. The maximum Gasteiger partial charge on any atom is 0.326 e. The van der Waals surface area contributed by atoms with Crippen LogP contribution in [0.4, 0.5) is 0 Å². The highest BCUT2D eigenvalue weighted by atomic mass is 35.5. The molecule has 0 atom stereocenters. The van der Waals surface area contributed by atoms with E-state index in [2.05, 4.69) is 49.7 Å². The molecule has 4 rings (SSSR count). The number of nitrogens with one attached hydrogen (secondary N) is 1. The molecule has 0 radical (unpaired) electrons. The number of fused-ring (bicyclic) bond motifs is 1. The predicted octanol–water partition coefficient (Wildman–Crippen LogP) is 4.74. The highest BCUT2D eigenvalue weighted by Gasteiger charge is 2.38. The molecule has 1 N–H and O–H groups in total. The Kier molecular flexibility index (Phi) is 6.81. The Morgan fingerprint density at radius 1 is 1.10 bits per heavy atom. The van der Waals surface area contributed by atoms with Crippen molar-refractivity contribution in [1.29, 1.82) is 0 Å². The van der Waals surface area contributed by atoms with E-state index < -0.39 is 0 Å². The van der Waals surface area contributed by atoms with E-state index in [0.29, 0.717) is 12.1 Å². The van der Waals surface area contributed by atoms with Crippen molar-refractivity contribution < 1.29 is 4.74 Å². The molecule has 6 heteroatoms. The lowest BCUT2D eigenvalue weighted by Crippen LogP contribution is -2.53. The standard InChI is InChI=1S/C23H35N3O2.ClH/c1-5-28-19-6-10-23(4,11-7-19)25-12-8-18(9-13-25)26-21-15-17(3)16(2)14-20(21)24-22(26)27;/h14-15,18-19H,5-13H2,1-4H3,(H,24,27);1H. The van der Waals surface area contributed by atoms with Gasteiger partial charge in [-0.15, -0.1) is 12.4 Å². The Balaban J connectivity index is 0.00000240. The smallest absolute Gasteiger partial charge is 0.326 e. The minimum Gasteiger partial charge on any atom is -0.379 e. The molecule has 0 bridgehead atoms. The first-order valence-corrected chi connectivity index (χ1v) is 11.0. The first kappa shape index (κ1) is 22.4. The number of halogens is 1. The number of H-pyrrole nitrogens is 1. The lowest BCUT2D eigenvalue weighted by Gasteiger charge is -2.48. The number of benzene rings is 1. The lowest BCUT2D eigenvalue weighted by molar-refractivity contribution is -0.0273. The molecule has 0 unspecified atom stereocenters. The third-order valence-electron chi connectivity index (χ3n) is 7.34. The SMILES string of the molecule is CCOC1CCC(C)(N2CCC(n3c(=O)[nH]c4cc(C)c(C)cc43)CC2)CC1.Cl. The highest BCUT2D eigenvalue weighted by Crippen LogP contribution is 2.38. The minimum absolute atomic E-state index is 0. The number of nitrogens with zero attached hydrogens (tertiary/aromatic N) is 2. The van der Waals surface area contributed by atoms with E-state index in [0.717, 1.165) is 43.6 Å². The van der Waals surface area contributed by atoms with E-state index in [1.54, 1.807) is 0 Å². The average molecular weight is 422 g/mol. The zero-order chi connectivity index (χ0) is 19.9. The van der Waals surface area contributed by atoms with Gasteiger partial charge in [-0.3, -0.25) is 9.47 Å². The topological polar surface area (TPSA) is 50.3 Å². The largest absolute Gasteiger partial charge is 0.379 e. The van der Waals surface area contributed by atoms with Crippen LogP contribution in [0.3, 0.4) is 0 Å². The molecule has 1 aliphatic carbocycles. The Bertz CT molecular complexity index is 887. The van der Waals surface area contributed by atoms with Gasteiger partial charge >= 0.3 is 5.69 Å². The lowest BCUT2D eigenvalue weighted by atomic mass is 9.79. The van der Waals surface area contributed by atoms with E-state index in [4.69, 9.17) is 4.74 Å². The van der Waals surface area contributed by atoms with Crippen molar-refractivity contribution in [3.63, 3.8) is 0 Å². The van der Waals surface area contributed by atoms with Crippen molar-refractivity contribution in [2.45, 2.75) is 83.9 Å². The number of likely N-dealkylation sites (tertiary alicyclic amines) is 1. The zero-order valence-corrected chi connectivity index (χ0v) is 19.1. The highest BCUT2D eigenvalue weighted by molar-refractivity contribution is 5.85. The average Bonchev–Trinajstić information content (AvgIpc) is 2.99. The van der Waals surface area contributed by atoms with Crippen LogP contribution >= 0.6 is 12.4 Å². The summed E-state index contributed by atoms with van der Waals surface area (Å²) in [6.07, 6.45) is 7.32.